The van der Waals surface area contributed by atoms with E-state index in [2.05, 4.69) is 5.32 Å². The Bertz CT molecular complexity index is 633. The highest BCUT2D eigenvalue weighted by molar-refractivity contribution is 5.86. The standard InChI is InChI=1S/C17H24N4O4.ClH/c1-25-14-4-2-3-13(9-14)10-16(23)20-5-7-21(8-6-20)17(24)12-19-15(22)11-18;/h2-4,9H,5-8,10-12,18H2,1H3,(H,19,22);1H. The first-order valence-corrected chi connectivity index (χ1v) is 8.18. The summed E-state index contributed by atoms with van der Waals surface area (Å²) in [5, 5.41) is 2.46. The number of hydrogen-bond acceptors (Lipinski definition) is 5. The van der Waals surface area contributed by atoms with Gasteiger partial charge in [-0.15, -0.1) is 12.4 Å². The number of rotatable bonds is 6. The molecule has 1 saturated heterocycles. The van der Waals surface area contributed by atoms with Crippen LogP contribution in [0, 0.1) is 0 Å². The van der Waals surface area contributed by atoms with E-state index in [4.69, 9.17) is 10.5 Å². The molecule has 3 N–H and O–H groups in total. The summed E-state index contributed by atoms with van der Waals surface area (Å²) in [7, 11) is 1.59. The average Bonchev–Trinajstić information content (AvgIpc) is 2.66. The molecule has 1 heterocycles. The zero-order valence-corrected chi connectivity index (χ0v) is 15.6. The Morgan fingerprint density at radius 3 is 2.31 bits per heavy atom. The molecule has 0 unspecified atom stereocenters. The number of methoxy groups -OCH3 is 1. The number of halogens is 1. The van der Waals surface area contributed by atoms with Crippen molar-refractivity contribution in [2.45, 2.75) is 6.42 Å². The second kappa shape index (κ2) is 10.6. The van der Waals surface area contributed by atoms with Crippen molar-refractivity contribution in [1.29, 1.82) is 0 Å². The first-order chi connectivity index (χ1) is 12.0. The number of nitrogens with two attached hydrogens (primary N) is 1. The summed E-state index contributed by atoms with van der Waals surface area (Å²) in [6, 6.07) is 7.42. The summed E-state index contributed by atoms with van der Waals surface area (Å²) < 4.78 is 5.16. The summed E-state index contributed by atoms with van der Waals surface area (Å²) in [4.78, 5) is 38.9. The summed E-state index contributed by atoms with van der Waals surface area (Å²) >= 11 is 0. The monoisotopic (exact) mass is 384 g/mol. The molecule has 9 heteroatoms. The average molecular weight is 385 g/mol. The molecule has 26 heavy (non-hydrogen) atoms. The Morgan fingerprint density at radius 1 is 1.12 bits per heavy atom. The molecule has 1 aromatic carbocycles. The topological polar surface area (TPSA) is 105 Å². The van der Waals surface area contributed by atoms with Crippen LogP contribution in [-0.4, -0.2) is 73.9 Å². The largest absolute Gasteiger partial charge is 0.497 e. The van der Waals surface area contributed by atoms with E-state index in [1.807, 2.05) is 24.3 Å². The van der Waals surface area contributed by atoms with Crippen molar-refractivity contribution in [3.8, 4) is 5.75 Å². The van der Waals surface area contributed by atoms with Gasteiger partial charge in [-0.25, -0.2) is 0 Å². The smallest absolute Gasteiger partial charge is 0.242 e. The van der Waals surface area contributed by atoms with Gasteiger partial charge in [-0.05, 0) is 17.7 Å². The molecule has 8 nitrogen and oxygen atoms in total. The molecule has 0 bridgehead atoms. The van der Waals surface area contributed by atoms with Crippen molar-refractivity contribution < 1.29 is 19.1 Å². The number of nitrogens with one attached hydrogen (secondary N) is 1. The third-order valence-electron chi connectivity index (χ3n) is 4.10. The maximum atomic E-state index is 12.4. The molecule has 1 aliphatic rings. The van der Waals surface area contributed by atoms with Gasteiger partial charge in [0.1, 0.15) is 5.75 Å². The highest BCUT2D eigenvalue weighted by Gasteiger charge is 2.24. The molecule has 1 aromatic rings. The van der Waals surface area contributed by atoms with Crippen LogP contribution in [0.4, 0.5) is 0 Å². The van der Waals surface area contributed by atoms with Crippen LogP contribution in [0.15, 0.2) is 24.3 Å². The molecule has 2 rings (SSSR count). The third kappa shape index (κ3) is 6.20. The Labute approximate surface area is 159 Å². The zero-order chi connectivity index (χ0) is 18.2. The van der Waals surface area contributed by atoms with Crippen LogP contribution in [0.5, 0.6) is 5.75 Å². The predicted octanol–water partition coefficient (Wildman–Crippen LogP) is -0.595. The fourth-order valence-electron chi connectivity index (χ4n) is 2.63. The fourth-order valence-corrected chi connectivity index (χ4v) is 2.63. The Kier molecular flexibility index (Phi) is 8.87. The summed E-state index contributed by atoms with van der Waals surface area (Å²) in [6.45, 7) is 1.69. The van der Waals surface area contributed by atoms with Crippen LogP contribution in [0.3, 0.4) is 0 Å². The lowest BCUT2D eigenvalue weighted by Crippen LogP contribution is -2.53. The van der Waals surface area contributed by atoms with Crippen molar-refractivity contribution in [2.75, 3.05) is 46.4 Å². The Hall–Kier alpha value is -2.32. The van der Waals surface area contributed by atoms with Crippen molar-refractivity contribution in [1.82, 2.24) is 15.1 Å². The number of carbonyl (C=O) groups excluding carboxylic acids is 3. The SMILES string of the molecule is COc1cccc(CC(=O)N2CCN(C(=O)CNC(=O)CN)CC2)c1.Cl. The van der Waals surface area contributed by atoms with Gasteiger partial charge >= 0.3 is 0 Å². The first-order valence-electron chi connectivity index (χ1n) is 8.18. The fraction of sp³-hybridized carbons (Fsp3) is 0.471. The normalized spacial score (nSPS) is 13.6. The third-order valence-corrected chi connectivity index (χ3v) is 4.10. The van der Waals surface area contributed by atoms with Crippen LogP contribution >= 0.6 is 12.4 Å². The minimum atomic E-state index is -0.361. The van der Waals surface area contributed by atoms with Crippen molar-refractivity contribution in [3.63, 3.8) is 0 Å². The molecular weight excluding hydrogens is 360 g/mol. The van der Waals surface area contributed by atoms with Crippen LogP contribution in [-0.2, 0) is 20.8 Å². The van der Waals surface area contributed by atoms with E-state index in [9.17, 15) is 14.4 Å². The lowest BCUT2D eigenvalue weighted by atomic mass is 10.1. The molecule has 0 atom stereocenters. The number of benzene rings is 1. The van der Waals surface area contributed by atoms with E-state index in [1.165, 1.54) is 0 Å². The van der Waals surface area contributed by atoms with Gasteiger partial charge in [0.2, 0.25) is 17.7 Å². The van der Waals surface area contributed by atoms with Crippen molar-refractivity contribution in [2.24, 2.45) is 5.73 Å². The van der Waals surface area contributed by atoms with Gasteiger partial charge in [0.25, 0.3) is 0 Å². The summed E-state index contributed by atoms with van der Waals surface area (Å²) in [5.41, 5.74) is 6.08. The van der Waals surface area contributed by atoms with Crippen LogP contribution in [0.25, 0.3) is 0 Å². The second-order valence-electron chi connectivity index (χ2n) is 5.77. The molecule has 0 aromatic heterocycles. The molecule has 144 valence electrons. The van der Waals surface area contributed by atoms with Gasteiger partial charge in [-0.2, -0.15) is 0 Å². The van der Waals surface area contributed by atoms with Crippen molar-refractivity contribution in [3.05, 3.63) is 29.8 Å². The van der Waals surface area contributed by atoms with E-state index in [-0.39, 0.29) is 43.2 Å². The van der Waals surface area contributed by atoms with Gasteiger partial charge in [-0.3, -0.25) is 14.4 Å². The maximum absolute atomic E-state index is 12.4. The minimum Gasteiger partial charge on any atom is -0.497 e. The van der Waals surface area contributed by atoms with Gasteiger partial charge < -0.3 is 25.6 Å². The Balaban J connectivity index is 0.00000338. The van der Waals surface area contributed by atoms with E-state index in [1.54, 1.807) is 16.9 Å². The van der Waals surface area contributed by atoms with Gasteiger partial charge in [0.15, 0.2) is 0 Å². The van der Waals surface area contributed by atoms with E-state index >= 15 is 0 Å². The summed E-state index contributed by atoms with van der Waals surface area (Å²) in [6.07, 6.45) is 0.303. The highest BCUT2D eigenvalue weighted by Crippen LogP contribution is 2.14. The second-order valence-corrected chi connectivity index (χ2v) is 5.77. The number of nitrogens with zero attached hydrogens (tertiary/aromatic N) is 2. The molecule has 0 spiro atoms. The predicted molar refractivity (Wildman–Crippen MR) is 99.2 cm³/mol. The quantitative estimate of drug-likeness (QED) is 0.681. The summed E-state index contributed by atoms with van der Waals surface area (Å²) in [5.74, 6) is 0.221. The van der Waals surface area contributed by atoms with Crippen molar-refractivity contribution >= 4 is 30.1 Å². The number of hydrogen-bond donors (Lipinski definition) is 2. The van der Waals surface area contributed by atoms with Crippen LogP contribution < -0.4 is 15.8 Å². The van der Waals surface area contributed by atoms with Gasteiger partial charge in [-0.1, -0.05) is 12.1 Å². The lowest BCUT2D eigenvalue weighted by Gasteiger charge is -2.35. The molecular formula is C17H25ClN4O4. The van der Waals surface area contributed by atoms with Crippen LogP contribution in [0.2, 0.25) is 0 Å². The molecule has 1 aliphatic heterocycles. The maximum Gasteiger partial charge on any atom is 0.242 e. The van der Waals surface area contributed by atoms with Gasteiger partial charge in [0, 0.05) is 26.2 Å². The van der Waals surface area contributed by atoms with Gasteiger partial charge in [0.05, 0.1) is 26.6 Å². The molecule has 0 radical (unpaired) electrons. The molecule has 3 amide bonds. The minimum absolute atomic E-state index is 0. The number of piperazine rings is 1. The van der Waals surface area contributed by atoms with E-state index in [0.717, 1.165) is 11.3 Å². The zero-order valence-electron chi connectivity index (χ0n) is 14.8. The Morgan fingerprint density at radius 2 is 1.73 bits per heavy atom. The lowest BCUT2D eigenvalue weighted by molar-refractivity contribution is -0.139. The molecule has 0 aliphatic carbocycles. The number of carbonyl (C=O) groups is 3. The number of ether oxygens (including phenoxy) is 1. The molecule has 1 fully saturated rings. The van der Waals surface area contributed by atoms with E-state index in [0.29, 0.717) is 32.6 Å². The number of amides is 3. The first kappa shape index (κ1) is 21.7. The van der Waals surface area contributed by atoms with E-state index < -0.39 is 0 Å². The van der Waals surface area contributed by atoms with Crippen LogP contribution in [0.1, 0.15) is 5.56 Å². The molecule has 0 saturated carbocycles. The highest BCUT2D eigenvalue weighted by atomic mass is 35.5.